The van der Waals surface area contributed by atoms with E-state index in [0.29, 0.717) is 0 Å². The summed E-state index contributed by atoms with van der Waals surface area (Å²) < 4.78 is 0. The average Bonchev–Trinajstić information content (AvgIpc) is 2.55. The predicted octanol–water partition coefficient (Wildman–Crippen LogP) is 4.32. The third-order valence-corrected chi connectivity index (χ3v) is 3.73. The lowest BCUT2D eigenvalue weighted by molar-refractivity contribution is 1.61. The van der Waals surface area contributed by atoms with Gasteiger partial charge in [-0.15, -0.1) is 0 Å². The van der Waals surface area contributed by atoms with Crippen LogP contribution < -0.4 is 5.19 Å². The van der Waals surface area contributed by atoms with Gasteiger partial charge in [0, 0.05) is 0 Å². The van der Waals surface area contributed by atoms with Crippen LogP contribution in [0.4, 0.5) is 0 Å². The Bertz CT molecular complexity index is 723. The second kappa shape index (κ2) is 6.38. The summed E-state index contributed by atoms with van der Waals surface area (Å²) in [6.07, 6.45) is 4.27. The van der Waals surface area contributed by atoms with Crippen molar-refractivity contribution >= 4 is 27.6 Å². The second-order valence-corrected chi connectivity index (χ2v) is 5.52. The molecule has 0 aliphatic carbocycles. The first kappa shape index (κ1) is 13.6. The van der Waals surface area contributed by atoms with Crippen LogP contribution in [0, 0.1) is 0 Å². The van der Waals surface area contributed by atoms with Gasteiger partial charge in [0.05, 0.1) is 10.2 Å². The van der Waals surface area contributed by atoms with Gasteiger partial charge in [-0.1, -0.05) is 96.2 Å². The molecule has 0 amide bonds. The van der Waals surface area contributed by atoms with Gasteiger partial charge in [0.25, 0.3) is 0 Å². The normalized spacial score (nSPS) is 10.9. The Kier molecular flexibility index (Phi) is 4.13. The van der Waals surface area contributed by atoms with E-state index < -0.39 is 0 Å². The molecule has 0 nitrogen and oxygen atoms in total. The van der Waals surface area contributed by atoms with Gasteiger partial charge in [-0.3, -0.25) is 0 Å². The molecule has 0 heterocycles. The van der Waals surface area contributed by atoms with Crippen LogP contribution in [0.2, 0.25) is 0 Å². The summed E-state index contributed by atoms with van der Waals surface area (Å²) in [5, 5.41) is 1.10. The van der Waals surface area contributed by atoms with Crippen LogP contribution in [0.25, 0.3) is 23.3 Å². The summed E-state index contributed by atoms with van der Waals surface area (Å²) >= 11 is 0. The molecule has 3 aromatic rings. The monoisotopic (exact) mass is 283 g/mol. The minimum absolute atomic E-state index is 1.10. The molecule has 3 rings (SSSR count). The highest BCUT2D eigenvalue weighted by Gasteiger charge is 1.96. The van der Waals surface area contributed by atoms with Gasteiger partial charge >= 0.3 is 0 Å². The van der Waals surface area contributed by atoms with Crippen LogP contribution in [0.5, 0.6) is 0 Å². The number of hydrogen-bond donors (Lipinski definition) is 0. The topological polar surface area (TPSA) is 0 Å². The van der Waals surface area contributed by atoms with Crippen molar-refractivity contribution < 1.29 is 0 Å². The maximum absolute atomic E-state index is 3.51. The van der Waals surface area contributed by atoms with Crippen LogP contribution in [0.3, 0.4) is 0 Å². The first-order valence-corrected chi connectivity index (χ1v) is 7.46. The van der Waals surface area contributed by atoms with Crippen LogP contribution in [0.15, 0.2) is 78.9 Å². The zero-order chi connectivity index (χ0) is 14.5. The fourth-order valence-electron chi connectivity index (χ4n) is 2.21. The lowest BCUT2D eigenvalue weighted by Gasteiger charge is -2.03. The molecule has 0 bridgehead atoms. The van der Waals surface area contributed by atoms with Crippen molar-refractivity contribution in [2.45, 2.75) is 0 Å². The molecule has 1 heteroatoms. The first-order chi connectivity index (χ1) is 10.3. The maximum atomic E-state index is 3.51. The third-order valence-electron chi connectivity index (χ3n) is 3.40. The highest BCUT2D eigenvalue weighted by Crippen LogP contribution is 2.19. The molecular weight excluding hydrogens is 268 g/mol. The minimum Gasteiger partial charge on any atom is -0.0673 e. The molecule has 0 atom stereocenters. The van der Waals surface area contributed by atoms with E-state index in [1.165, 1.54) is 22.3 Å². The molecule has 0 N–H and O–H groups in total. The van der Waals surface area contributed by atoms with Crippen molar-refractivity contribution in [1.29, 1.82) is 0 Å². The van der Waals surface area contributed by atoms with E-state index in [9.17, 15) is 0 Å². The van der Waals surface area contributed by atoms with Gasteiger partial charge in [-0.05, 0) is 22.3 Å². The molecule has 0 fully saturated rings. The van der Waals surface area contributed by atoms with E-state index in [-0.39, 0.29) is 0 Å². The molecule has 3 aromatic carbocycles. The number of rotatable bonds is 3. The fourth-order valence-corrected chi connectivity index (χ4v) is 2.37. The quantitative estimate of drug-likeness (QED) is 0.496. The molecule has 0 aromatic heterocycles. The molecule has 21 heavy (non-hydrogen) atoms. The summed E-state index contributed by atoms with van der Waals surface area (Å²) in [6, 6.07) is 27.3. The molecule has 0 spiro atoms. The van der Waals surface area contributed by atoms with Crippen LogP contribution in [0.1, 0.15) is 11.1 Å². The summed E-state index contributed by atoms with van der Waals surface area (Å²) in [5.41, 5.74) is 4.89. The van der Waals surface area contributed by atoms with Crippen molar-refractivity contribution in [2.75, 3.05) is 0 Å². The van der Waals surface area contributed by atoms with Crippen LogP contribution >= 0.6 is 0 Å². The van der Waals surface area contributed by atoms with E-state index in [4.69, 9.17) is 0 Å². The standard InChI is InChI=1S/C20H15Si/c21-20-14-12-19(13-15-20)18-10-8-17(9-11-18)7-6-16-4-2-1-3-5-16/h1-15H. The Hall–Kier alpha value is -2.38. The smallest absolute Gasteiger partial charge is 0.0673 e. The number of hydrogen-bond acceptors (Lipinski definition) is 0. The van der Waals surface area contributed by atoms with Crippen molar-refractivity contribution in [3.63, 3.8) is 0 Å². The molecular formula is C20H15Si. The van der Waals surface area contributed by atoms with Gasteiger partial charge in [-0.2, -0.15) is 0 Å². The Morgan fingerprint density at radius 1 is 0.524 bits per heavy atom. The van der Waals surface area contributed by atoms with Crippen molar-refractivity contribution in [2.24, 2.45) is 0 Å². The van der Waals surface area contributed by atoms with Gasteiger partial charge in [0.15, 0.2) is 0 Å². The summed E-state index contributed by atoms with van der Waals surface area (Å²) in [7, 11) is 3.51. The van der Waals surface area contributed by atoms with Crippen LogP contribution in [-0.2, 0) is 0 Å². The first-order valence-electron chi connectivity index (χ1n) is 6.96. The zero-order valence-corrected chi connectivity index (χ0v) is 12.7. The Morgan fingerprint density at radius 3 is 1.57 bits per heavy atom. The lowest BCUT2D eigenvalue weighted by Crippen LogP contribution is -1.99. The maximum Gasteiger partial charge on any atom is 0.0711 e. The largest absolute Gasteiger partial charge is 0.0711 e. The van der Waals surface area contributed by atoms with E-state index in [1.54, 1.807) is 0 Å². The summed E-state index contributed by atoms with van der Waals surface area (Å²) in [5.74, 6) is 0. The minimum atomic E-state index is 1.10. The van der Waals surface area contributed by atoms with Crippen LogP contribution in [-0.4, -0.2) is 10.2 Å². The van der Waals surface area contributed by atoms with Gasteiger partial charge < -0.3 is 0 Å². The van der Waals surface area contributed by atoms with Crippen molar-refractivity contribution in [3.05, 3.63) is 90.0 Å². The lowest BCUT2D eigenvalue weighted by atomic mass is 10.0. The van der Waals surface area contributed by atoms with E-state index in [2.05, 4.69) is 95.2 Å². The SMILES string of the molecule is [Si]c1ccc(-c2ccc(C=Cc3ccccc3)cc2)cc1. The van der Waals surface area contributed by atoms with E-state index in [1.807, 2.05) is 6.07 Å². The average molecular weight is 283 g/mol. The Balaban J connectivity index is 1.78. The predicted molar refractivity (Wildman–Crippen MR) is 92.6 cm³/mol. The summed E-state index contributed by atoms with van der Waals surface area (Å²) in [4.78, 5) is 0. The zero-order valence-electron chi connectivity index (χ0n) is 11.7. The number of benzene rings is 3. The molecule has 0 aliphatic rings. The Labute approximate surface area is 129 Å². The second-order valence-electron chi connectivity index (χ2n) is 4.94. The highest BCUT2D eigenvalue weighted by atomic mass is 28.1. The van der Waals surface area contributed by atoms with E-state index >= 15 is 0 Å². The molecule has 0 saturated heterocycles. The highest BCUT2D eigenvalue weighted by molar-refractivity contribution is 6.32. The molecule has 99 valence electrons. The molecule has 0 unspecified atom stereocenters. The van der Waals surface area contributed by atoms with Gasteiger partial charge in [0.2, 0.25) is 0 Å². The van der Waals surface area contributed by atoms with E-state index in [0.717, 1.165) is 5.19 Å². The Morgan fingerprint density at radius 2 is 1.00 bits per heavy atom. The summed E-state index contributed by atoms with van der Waals surface area (Å²) in [6.45, 7) is 0. The third kappa shape index (κ3) is 3.59. The molecule has 0 saturated carbocycles. The fraction of sp³-hybridized carbons (Fsp3) is 0. The van der Waals surface area contributed by atoms with Gasteiger partial charge in [0.1, 0.15) is 0 Å². The molecule has 0 aliphatic heterocycles. The van der Waals surface area contributed by atoms with Crippen molar-refractivity contribution in [1.82, 2.24) is 0 Å². The van der Waals surface area contributed by atoms with Gasteiger partial charge in [-0.25, -0.2) is 0 Å². The van der Waals surface area contributed by atoms with Crippen molar-refractivity contribution in [3.8, 4) is 11.1 Å². The molecule has 3 radical (unpaired) electrons.